The number of allylic oxidation sites excluding steroid dienone is 1. The molecule has 3 nitrogen and oxygen atoms in total. The number of rotatable bonds is 3. The van der Waals surface area contributed by atoms with Crippen LogP contribution in [0.1, 0.15) is 24.1 Å². The maximum Gasteiger partial charge on any atom is 0.123 e. The van der Waals surface area contributed by atoms with E-state index in [0.29, 0.717) is 18.6 Å². The lowest BCUT2D eigenvalue weighted by Gasteiger charge is -2.28. The molecule has 0 fully saturated rings. The molecule has 2 aliphatic rings. The first-order chi connectivity index (χ1) is 11.7. The number of H-pyrrole nitrogens is 1. The minimum Gasteiger partial charge on any atom is -0.385 e. The molecule has 0 saturated carbocycles. The molecule has 1 unspecified atom stereocenters. The molecule has 126 valence electrons. The standard InChI is InChI=1S/C20H23FN2O/c1-13(14-4-2-3-9-24-12-14)22-16-6-8-20-18(11-16)17-10-15(21)5-7-19(17)23-20/h2-3,5,7,10,14,16,22-23H,1,4,6,8-9,11-12H2/t14?,16-/m0/s1. The Morgan fingerprint density at radius 3 is 3.17 bits per heavy atom. The Balaban J connectivity index is 1.49. The summed E-state index contributed by atoms with van der Waals surface area (Å²) in [6.45, 7) is 5.65. The first kappa shape index (κ1) is 15.5. The fraction of sp³-hybridized carbons (Fsp3) is 0.400. The summed E-state index contributed by atoms with van der Waals surface area (Å²) in [5.74, 6) is 0.150. The molecule has 0 amide bonds. The molecule has 1 aromatic heterocycles. The lowest BCUT2D eigenvalue weighted by molar-refractivity contribution is 0.137. The lowest BCUT2D eigenvalue weighted by atomic mass is 9.90. The predicted octanol–water partition coefficient (Wildman–Crippen LogP) is 3.86. The maximum atomic E-state index is 13.6. The molecular weight excluding hydrogens is 303 g/mol. The smallest absolute Gasteiger partial charge is 0.123 e. The summed E-state index contributed by atoms with van der Waals surface area (Å²) in [5, 5.41) is 4.63. The van der Waals surface area contributed by atoms with E-state index >= 15 is 0 Å². The molecule has 0 spiro atoms. The van der Waals surface area contributed by atoms with Crippen LogP contribution in [0, 0.1) is 11.7 Å². The van der Waals surface area contributed by atoms with Gasteiger partial charge in [-0.25, -0.2) is 4.39 Å². The molecule has 4 rings (SSSR count). The number of ether oxygens (including phenoxy) is 1. The van der Waals surface area contributed by atoms with Gasteiger partial charge in [0.1, 0.15) is 5.82 Å². The van der Waals surface area contributed by atoms with E-state index < -0.39 is 0 Å². The Morgan fingerprint density at radius 2 is 2.25 bits per heavy atom. The highest BCUT2D eigenvalue weighted by Gasteiger charge is 2.24. The third kappa shape index (κ3) is 2.98. The van der Waals surface area contributed by atoms with E-state index in [-0.39, 0.29) is 5.82 Å². The molecule has 24 heavy (non-hydrogen) atoms. The Labute approximate surface area is 141 Å². The molecule has 0 saturated heterocycles. The zero-order chi connectivity index (χ0) is 16.5. The van der Waals surface area contributed by atoms with E-state index in [9.17, 15) is 4.39 Å². The van der Waals surface area contributed by atoms with Crippen LogP contribution < -0.4 is 5.32 Å². The van der Waals surface area contributed by atoms with Gasteiger partial charge in [-0.1, -0.05) is 18.7 Å². The van der Waals surface area contributed by atoms with Crippen LogP contribution >= 0.6 is 0 Å². The molecule has 0 radical (unpaired) electrons. The number of halogens is 1. The van der Waals surface area contributed by atoms with Gasteiger partial charge in [-0.15, -0.1) is 0 Å². The summed E-state index contributed by atoms with van der Waals surface area (Å²) < 4.78 is 19.2. The molecule has 4 heteroatoms. The highest BCUT2D eigenvalue weighted by Crippen LogP contribution is 2.30. The van der Waals surface area contributed by atoms with Crippen LogP contribution in [-0.4, -0.2) is 24.2 Å². The van der Waals surface area contributed by atoms with Crippen molar-refractivity contribution in [1.29, 1.82) is 0 Å². The van der Waals surface area contributed by atoms with Crippen molar-refractivity contribution in [2.45, 2.75) is 31.7 Å². The topological polar surface area (TPSA) is 37.0 Å². The number of fused-ring (bicyclic) bond motifs is 3. The van der Waals surface area contributed by atoms with Gasteiger partial charge in [-0.05, 0) is 49.4 Å². The van der Waals surface area contributed by atoms with Crippen molar-refractivity contribution in [3.63, 3.8) is 0 Å². The molecule has 2 atom stereocenters. The Morgan fingerprint density at radius 1 is 1.33 bits per heavy atom. The average Bonchev–Trinajstić information content (AvgIpc) is 2.76. The van der Waals surface area contributed by atoms with Gasteiger partial charge >= 0.3 is 0 Å². The van der Waals surface area contributed by atoms with Gasteiger partial charge in [-0.2, -0.15) is 0 Å². The number of aromatic amines is 1. The quantitative estimate of drug-likeness (QED) is 0.841. The van der Waals surface area contributed by atoms with Crippen molar-refractivity contribution in [3.05, 3.63) is 59.7 Å². The lowest BCUT2D eigenvalue weighted by Crippen LogP contribution is -2.36. The second kappa shape index (κ2) is 6.44. The summed E-state index contributed by atoms with van der Waals surface area (Å²) in [7, 11) is 0. The van der Waals surface area contributed by atoms with Crippen molar-refractivity contribution in [2.75, 3.05) is 13.2 Å². The second-order valence-electron chi connectivity index (χ2n) is 6.82. The van der Waals surface area contributed by atoms with Crippen LogP contribution in [0.5, 0.6) is 0 Å². The van der Waals surface area contributed by atoms with E-state index in [1.165, 1.54) is 17.3 Å². The van der Waals surface area contributed by atoms with Gasteiger partial charge in [0.15, 0.2) is 0 Å². The monoisotopic (exact) mass is 326 g/mol. The third-order valence-electron chi connectivity index (χ3n) is 5.15. The first-order valence-corrected chi connectivity index (χ1v) is 8.68. The summed E-state index contributed by atoms with van der Waals surface area (Å²) in [5.41, 5.74) is 4.59. The van der Waals surface area contributed by atoms with Crippen molar-refractivity contribution < 1.29 is 9.13 Å². The Kier molecular flexibility index (Phi) is 4.15. The summed E-state index contributed by atoms with van der Waals surface area (Å²) in [6, 6.07) is 5.34. The minimum absolute atomic E-state index is 0.175. The van der Waals surface area contributed by atoms with Crippen molar-refractivity contribution in [1.82, 2.24) is 10.3 Å². The van der Waals surface area contributed by atoms with Crippen LogP contribution in [0.25, 0.3) is 10.9 Å². The zero-order valence-electron chi connectivity index (χ0n) is 13.8. The van der Waals surface area contributed by atoms with Crippen LogP contribution in [0.4, 0.5) is 4.39 Å². The van der Waals surface area contributed by atoms with E-state index in [1.54, 1.807) is 6.07 Å². The van der Waals surface area contributed by atoms with Crippen LogP contribution in [0.2, 0.25) is 0 Å². The fourth-order valence-electron chi connectivity index (χ4n) is 3.81. The number of aromatic nitrogens is 1. The maximum absolute atomic E-state index is 13.6. The normalized spacial score (nSPS) is 23.7. The molecular formula is C20H23FN2O. The van der Waals surface area contributed by atoms with E-state index in [4.69, 9.17) is 4.74 Å². The average molecular weight is 326 g/mol. The Hall–Kier alpha value is -2.07. The number of aryl methyl sites for hydroxylation is 1. The van der Waals surface area contributed by atoms with Gasteiger partial charge in [0, 0.05) is 34.3 Å². The SMILES string of the molecule is C=C(N[C@H]1CCc2[nH]c3ccc(F)cc3c2C1)C1CC=CCOC1. The number of hydrogen-bond donors (Lipinski definition) is 2. The largest absolute Gasteiger partial charge is 0.385 e. The van der Waals surface area contributed by atoms with E-state index in [2.05, 4.69) is 29.0 Å². The van der Waals surface area contributed by atoms with Gasteiger partial charge in [0.05, 0.1) is 13.2 Å². The van der Waals surface area contributed by atoms with Crippen LogP contribution in [0.15, 0.2) is 42.6 Å². The molecule has 1 aliphatic carbocycles. The highest BCUT2D eigenvalue weighted by atomic mass is 19.1. The molecule has 1 aliphatic heterocycles. The Bertz CT molecular complexity index is 792. The predicted molar refractivity (Wildman–Crippen MR) is 94.4 cm³/mol. The van der Waals surface area contributed by atoms with Crippen molar-refractivity contribution in [2.24, 2.45) is 5.92 Å². The highest BCUT2D eigenvalue weighted by molar-refractivity contribution is 5.85. The number of nitrogens with one attached hydrogen (secondary N) is 2. The molecule has 2 heterocycles. The summed E-state index contributed by atoms with van der Waals surface area (Å²) in [6.07, 6.45) is 8.16. The van der Waals surface area contributed by atoms with Crippen LogP contribution in [-0.2, 0) is 17.6 Å². The van der Waals surface area contributed by atoms with E-state index in [1.807, 2.05) is 6.07 Å². The molecule has 1 aromatic carbocycles. The fourth-order valence-corrected chi connectivity index (χ4v) is 3.81. The van der Waals surface area contributed by atoms with Gasteiger partial charge < -0.3 is 15.0 Å². The van der Waals surface area contributed by atoms with Crippen LogP contribution in [0.3, 0.4) is 0 Å². The summed E-state index contributed by atoms with van der Waals surface area (Å²) in [4.78, 5) is 3.44. The molecule has 2 aromatic rings. The number of hydrogen-bond acceptors (Lipinski definition) is 2. The third-order valence-corrected chi connectivity index (χ3v) is 5.15. The number of benzene rings is 1. The summed E-state index contributed by atoms with van der Waals surface area (Å²) >= 11 is 0. The minimum atomic E-state index is -0.175. The van der Waals surface area contributed by atoms with Crippen molar-refractivity contribution in [3.8, 4) is 0 Å². The second-order valence-corrected chi connectivity index (χ2v) is 6.82. The van der Waals surface area contributed by atoms with Crippen molar-refractivity contribution >= 4 is 10.9 Å². The van der Waals surface area contributed by atoms with E-state index in [0.717, 1.165) is 48.9 Å². The van der Waals surface area contributed by atoms with Gasteiger partial charge in [0.25, 0.3) is 0 Å². The van der Waals surface area contributed by atoms with Gasteiger partial charge in [-0.3, -0.25) is 0 Å². The molecule has 2 N–H and O–H groups in total. The van der Waals surface area contributed by atoms with Gasteiger partial charge in [0.2, 0.25) is 0 Å². The molecule has 0 bridgehead atoms. The first-order valence-electron chi connectivity index (χ1n) is 8.68. The zero-order valence-corrected chi connectivity index (χ0v) is 13.8.